The third kappa shape index (κ3) is 4.61. The number of amides is 1. The molecule has 2 heterocycles. The average Bonchev–Trinajstić information content (AvgIpc) is 2.78. The van der Waals surface area contributed by atoms with Gasteiger partial charge in [-0.2, -0.15) is 0 Å². The van der Waals surface area contributed by atoms with Crippen molar-refractivity contribution < 1.29 is 14.3 Å². The third-order valence-electron chi connectivity index (χ3n) is 6.78. The summed E-state index contributed by atoms with van der Waals surface area (Å²) in [5.74, 6) is 1.94. The number of allylic oxidation sites excluding steroid dienone is 1. The number of nitrogens with zero attached hydrogens (tertiary/aromatic N) is 2. The van der Waals surface area contributed by atoms with Crippen molar-refractivity contribution >= 4 is 5.91 Å². The SMILES string of the molecule is COc1cc2c(cc1OC)CN(C1CCCN(C(=O)CC3=CCCCC3)C1)CC2. The molecular weight excluding hydrogens is 364 g/mol. The van der Waals surface area contributed by atoms with E-state index in [0.29, 0.717) is 18.4 Å². The number of carbonyl (C=O) groups is 1. The first kappa shape index (κ1) is 20.3. The van der Waals surface area contributed by atoms with Gasteiger partial charge in [-0.1, -0.05) is 11.6 Å². The van der Waals surface area contributed by atoms with Gasteiger partial charge in [-0.15, -0.1) is 0 Å². The number of hydrogen-bond acceptors (Lipinski definition) is 4. The first-order valence-corrected chi connectivity index (χ1v) is 11.1. The highest BCUT2D eigenvalue weighted by Gasteiger charge is 2.30. The first-order valence-electron chi connectivity index (χ1n) is 11.1. The van der Waals surface area contributed by atoms with Crippen LogP contribution in [0.4, 0.5) is 0 Å². The number of likely N-dealkylation sites (tertiary alicyclic amines) is 1. The van der Waals surface area contributed by atoms with Crippen molar-refractivity contribution in [2.75, 3.05) is 33.9 Å². The molecule has 1 aliphatic carbocycles. The van der Waals surface area contributed by atoms with E-state index in [9.17, 15) is 4.79 Å². The fraction of sp³-hybridized carbons (Fsp3) is 0.625. The molecule has 1 atom stereocenters. The van der Waals surface area contributed by atoms with E-state index in [1.54, 1.807) is 14.2 Å². The van der Waals surface area contributed by atoms with Crippen molar-refractivity contribution in [1.29, 1.82) is 0 Å². The van der Waals surface area contributed by atoms with Crippen LogP contribution in [0, 0.1) is 0 Å². The van der Waals surface area contributed by atoms with Gasteiger partial charge in [0.25, 0.3) is 0 Å². The maximum absolute atomic E-state index is 12.9. The second-order valence-corrected chi connectivity index (χ2v) is 8.62. The monoisotopic (exact) mass is 398 g/mol. The minimum atomic E-state index is 0.326. The quantitative estimate of drug-likeness (QED) is 0.705. The van der Waals surface area contributed by atoms with Crippen LogP contribution in [0.2, 0.25) is 0 Å². The van der Waals surface area contributed by atoms with Gasteiger partial charge < -0.3 is 14.4 Å². The molecule has 5 heteroatoms. The van der Waals surface area contributed by atoms with Crippen LogP contribution in [0.1, 0.15) is 56.1 Å². The molecule has 0 radical (unpaired) electrons. The first-order chi connectivity index (χ1) is 14.2. The van der Waals surface area contributed by atoms with Crippen LogP contribution >= 0.6 is 0 Å². The highest BCUT2D eigenvalue weighted by Crippen LogP contribution is 2.34. The molecule has 1 fully saturated rings. The van der Waals surface area contributed by atoms with Crippen LogP contribution < -0.4 is 9.47 Å². The molecule has 0 spiro atoms. The summed E-state index contributed by atoms with van der Waals surface area (Å²) in [4.78, 5) is 17.6. The van der Waals surface area contributed by atoms with Crippen LogP contribution in [-0.2, 0) is 17.8 Å². The summed E-state index contributed by atoms with van der Waals surface area (Å²) >= 11 is 0. The number of ether oxygens (including phenoxy) is 2. The fourth-order valence-corrected chi connectivity index (χ4v) is 5.07. The summed E-state index contributed by atoms with van der Waals surface area (Å²) in [6.07, 6.45) is 11.0. The Morgan fingerprint density at radius 1 is 1.03 bits per heavy atom. The Bertz CT molecular complexity index is 774. The van der Waals surface area contributed by atoms with Gasteiger partial charge in [-0.25, -0.2) is 0 Å². The van der Waals surface area contributed by atoms with Gasteiger partial charge in [0.2, 0.25) is 5.91 Å². The Hall–Kier alpha value is -2.01. The zero-order chi connectivity index (χ0) is 20.2. The molecule has 158 valence electrons. The second-order valence-electron chi connectivity index (χ2n) is 8.62. The van der Waals surface area contributed by atoms with E-state index in [0.717, 1.165) is 63.4 Å². The Kier molecular flexibility index (Phi) is 6.43. The van der Waals surface area contributed by atoms with Crippen molar-refractivity contribution in [3.63, 3.8) is 0 Å². The Balaban J connectivity index is 1.40. The van der Waals surface area contributed by atoms with E-state index in [1.165, 1.54) is 36.0 Å². The molecule has 0 bridgehead atoms. The molecule has 0 N–H and O–H groups in total. The summed E-state index contributed by atoms with van der Waals surface area (Å²) in [6.45, 7) is 3.75. The molecule has 4 rings (SSSR count). The minimum absolute atomic E-state index is 0.326. The van der Waals surface area contributed by atoms with E-state index >= 15 is 0 Å². The summed E-state index contributed by atoms with van der Waals surface area (Å²) in [5, 5.41) is 0. The summed E-state index contributed by atoms with van der Waals surface area (Å²) in [6, 6.07) is 4.70. The van der Waals surface area contributed by atoms with Gasteiger partial charge in [0.15, 0.2) is 11.5 Å². The number of piperidine rings is 1. The van der Waals surface area contributed by atoms with Crippen LogP contribution in [0.3, 0.4) is 0 Å². The van der Waals surface area contributed by atoms with Crippen molar-refractivity contribution in [2.24, 2.45) is 0 Å². The summed E-state index contributed by atoms with van der Waals surface area (Å²) in [5.41, 5.74) is 4.04. The predicted molar refractivity (Wildman–Crippen MR) is 114 cm³/mol. The van der Waals surface area contributed by atoms with Gasteiger partial charge >= 0.3 is 0 Å². The third-order valence-corrected chi connectivity index (χ3v) is 6.78. The lowest BCUT2D eigenvalue weighted by Crippen LogP contribution is -2.51. The number of fused-ring (bicyclic) bond motifs is 1. The zero-order valence-electron chi connectivity index (χ0n) is 17.9. The van der Waals surface area contributed by atoms with Gasteiger partial charge in [-0.05, 0) is 68.2 Å². The highest BCUT2D eigenvalue weighted by molar-refractivity contribution is 5.79. The van der Waals surface area contributed by atoms with E-state index < -0.39 is 0 Å². The Labute approximate surface area is 174 Å². The lowest BCUT2D eigenvalue weighted by molar-refractivity contribution is -0.132. The van der Waals surface area contributed by atoms with E-state index in [2.05, 4.69) is 28.0 Å². The highest BCUT2D eigenvalue weighted by atomic mass is 16.5. The van der Waals surface area contributed by atoms with E-state index in [-0.39, 0.29) is 0 Å². The van der Waals surface area contributed by atoms with Crippen LogP contribution in [-0.4, -0.2) is 55.6 Å². The molecular formula is C24H34N2O3. The molecule has 1 amide bonds. The van der Waals surface area contributed by atoms with Gasteiger partial charge in [0.05, 0.1) is 14.2 Å². The molecule has 1 unspecified atom stereocenters. The topological polar surface area (TPSA) is 42.0 Å². The number of rotatable bonds is 5. The van der Waals surface area contributed by atoms with Crippen LogP contribution in [0.5, 0.6) is 11.5 Å². The van der Waals surface area contributed by atoms with Crippen LogP contribution in [0.15, 0.2) is 23.8 Å². The molecule has 5 nitrogen and oxygen atoms in total. The molecule has 1 aromatic rings. The molecule has 0 saturated carbocycles. The normalized spacial score (nSPS) is 22.6. The number of hydrogen-bond donors (Lipinski definition) is 0. The van der Waals surface area contributed by atoms with Crippen molar-refractivity contribution in [3.8, 4) is 11.5 Å². The van der Waals surface area contributed by atoms with Crippen LogP contribution in [0.25, 0.3) is 0 Å². The zero-order valence-corrected chi connectivity index (χ0v) is 17.9. The van der Waals surface area contributed by atoms with Crippen molar-refractivity contribution in [3.05, 3.63) is 34.9 Å². The molecule has 3 aliphatic rings. The van der Waals surface area contributed by atoms with Gasteiger partial charge in [0.1, 0.15) is 0 Å². The molecule has 2 aliphatic heterocycles. The number of benzene rings is 1. The largest absolute Gasteiger partial charge is 0.493 e. The average molecular weight is 399 g/mol. The minimum Gasteiger partial charge on any atom is -0.493 e. The number of carbonyl (C=O) groups excluding carboxylic acids is 1. The van der Waals surface area contributed by atoms with Crippen molar-refractivity contribution in [1.82, 2.24) is 9.80 Å². The molecule has 1 aromatic carbocycles. The lowest BCUT2D eigenvalue weighted by Gasteiger charge is -2.41. The van der Waals surface area contributed by atoms with E-state index in [1.807, 2.05) is 0 Å². The fourth-order valence-electron chi connectivity index (χ4n) is 5.07. The molecule has 29 heavy (non-hydrogen) atoms. The smallest absolute Gasteiger partial charge is 0.226 e. The molecule has 0 aromatic heterocycles. The van der Waals surface area contributed by atoms with E-state index in [4.69, 9.17) is 9.47 Å². The standard InChI is InChI=1S/C24H34N2O3/c1-28-22-14-19-10-12-25(16-20(19)15-23(22)29-2)21-9-6-11-26(17-21)24(27)13-18-7-4-3-5-8-18/h7,14-15,21H,3-6,8-13,16-17H2,1-2H3. The predicted octanol–water partition coefficient (Wildman–Crippen LogP) is 3.94. The summed E-state index contributed by atoms with van der Waals surface area (Å²) in [7, 11) is 3.38. The van der Waals surface area contributed by atoms with Gasteiger partial charge in [-0.3, -0.25) is 9.69 Å². The summed E-state index contributed by atoms with van der Waals surface area (Å²) < 4.78 is 11.0. The molecule has 1 saturated heterocycles. The Morgan fingerprint density at radius 3 is 2.55 bits per heavy atom. The second kappa shape index (κ2) is 9.21. The maximum atomic E-state index is 12.9. The maximum Gasteiger partial charge on any atom is 0.226 e. The Morgan fingerprint density at radius 2 is 1.83 bits per heavy atom. The van der Waals surface area contributed by atoms with Gasteiger partial charge in [0, 0.05) is 38.6 Å². The number of methoxy groups -OCH3 is 2. The lowest BCUT2D eigenvalue weighted by atomic mass is 9.94. The van der Waals surface area contributed by atoms with Crippen molar-refractivity contribution in [2.45, 2.75) is 64.0 Å².